The number of amides is 1. The minimum atomic E-state index is -0.456. The van der Waals surface area contributed by atoms with Crippen LogP contribution in [0.4, 0.5) is 10.5 Å². The van der Waals surface area contributed by atoms with E-state index in [4.69, 9.17) is 0 Å². The van der Waals surface area contributed by atoms with Crippen molar-refractivity contribution in [3.8, 4) is 0 Å². The third-order valence-electron chi connectivity index (χ3n) is 1.89. The molecule has 3 heteroatoms. The first-order chi connectivity index (χ1) is 7.11. The molecule has 0 aromatic heterocycles. The van der Waals surface area contributed by atoms with Crippen molar-refractivity contribution in [3.05, 3.63) is 42.0 Å². The summed E-state index contributed by atoms with van der Waals surface area (Å²) in [6.07, 6.45) is 0.404. The van der Waals surface area contributed by atoms with Gasteiger partial charge < -0.3 is 4.74 Å². The first-order valence-corrected chi connectivity index (χ1v) is 4.70. The van der Waals surface area contributed by atoms with Crippen molar-refractivity contribution in [2.45, 2.75) is 13.3 Å². The molecule has 0 unspecified atom stereocenters. The van der Waals surface area contributed by atoms with Crippen LogP contribution in [0.15, 0.2) is 36.4 Å². The molecule has 1 rings (SSSR count). The van der Waals surface area contributed by atoms with Crippen molar-refractivity contribution in [3.63, 3.8) is 0 Å². The number of benzene rings is 1. The second-order valence-corrected chi connectivity index (χ2v) is 3.45. The molecule has 0 atom stereocenters. The zero-order valence-electron chi connectivity index (χ0n) is 9.04. The fourth-order valence-corrected chi connectivity index (χ4v) is 1.22. The van der Waals surface area contributed by atoms with E-state index in [0.29, 0.717) is 0 Å². The van der Waals surface area contributed by atoms with E-state index in [0.717, 1.165) is 17.7 Å². The fourth-order valence-electron chi connectivity index (χ4n) is 1.22. The number of hydrogen-bond acceptors (Lipinski definition) is 2. The van der Waals surface area contributed by atoms with Crippen LogP contribution in [0.3, 0.4) is 0 Å². The summed E-state index contributed by atoms with van der Waals surface area (Å²) in [5.41, 5.74) is 3.02. The predicted octanol–water partition coefficient (Wildman–Crippen LogP) is 2.98. The van der Waals surface area contributed by atoms with Gasteiger partial charge in [-0.1, -0.05) is 24.3 Å². The highest BCUT2D eigenvalue weighted by atomic mass is 16.5. The Labute approximate surface area is 89.8 Å². The van der Waals surface area contributed by atoms with E-state index < -0.39 is 6.09 Å². The SMILES string of the molecule is C=C(C)Cc1ccc(NC(=O)OC)cc1. The zero-order chi connectivity index (χ0) is 11.3. The molecule has 0 aliphatic rings. The van der Waals surface area contributed by atoms with Crippen molar-refractivity contribution < 1.29 is 9.53 Å². The van der Waals surface area contributed by atoms with Crippen LogP contribution in [-0.4, -0.2) is 13.2 Å². The Balaban J connectivity index is 2.64. The number of hydrogen-bond donors (Lipinski definition) is 1. The van der Waals surface area contributed by atoms with Gasteiger partial charge in [-0.2, -0.15) is 0 Å². The number of rotatable bonds is 3. The Bertz CT molecular complexity index is 354. The number of methoxy groups -OCH3 is 1. The molecule has 0 saturated heterocycles. The van der Waals surface area contributed by atoms with Gasteiger partial charge in [0, 0.05) is 5.69 Å². The van der Waals surface area contributed by atoms with E-state index in [1.54, 1.807) is 0 Å². The lowest BCUT2D eigenvalue weighted by Gasteiger charge is -2.05. The van der Waals surface area contributed by atoms with Gasteiger partial charge in [-0.3, -0.25) is 5.32 Å². The number of nitrogens with one attached hydrogen (secondary N) is 1. The average Bonchev–Trinajstić information content (AvgIpc) is 2.20. The number of allylic oxidation sites excluding steroid dienone is 1. The predicted molar refractivity (Wildman–Crippen MR) is 61.0 cm³/mol. The molecule has 0 fully saturated rings. The molecular formula is C12H15NO2. The summed E-state index contributed by atoms with van der Waals surface area (Å²) >= 11 is 0. The molecule has 0 bridgehead atoms. The van der Waals surface area contributed by atoms with Gasteiger partial charge in [0.1, 0.15) is 0 Å². The van der Waals surface area contributed by atoms with Crippen LogP contribution in [0.2, 0.25) is 0 Å². The van der Waals surface area contributed by atoms with Gasteiger partial charge in [-0.25, -0.2) is 4.79 Å². The first kappa shape index (κ1) is 11.3. The van der Waals surface area contributed by atoms with Crippen LogP contribution in [0.1, 0.15) is 12.5 Å². The quantitative estimate of drug-likeness (QED) is 0.770. The lowest BCUT2D eigenvalue weighted by Crippen LogP contribution is -2.10. The molecule has 0 radical (unpaired) electrons. The Kier molecular flexibility index (Phi) is 3.92. The number of carbonyl (C=O) groups is 1. The van der Waals surface area contributed by atoms with Gasteiger partial charge in [0.05, 0.1) is 7.11 Å². The summed E-state index contributed by atoms with van der Waals surface area (Å²) in [5.74, 6) is 0. The van der Waals surface area contributed by atoms with Gasteiger partial charge in [0.25, 0.3) is 0 Å². The molecular weight excluding hydrogens is 190 g/mol. The van der Waals surface area contributed by atoms with E-state index in [2.05, 4.69) is 16.6 Å². The van der Waals surface area contributed by atoms with Gasteiger partial charge in [0.15, 0.2) is 0 Å². The summed E-state index contributed by atoms with van der Waals surface area (Å²) in [7, 11) is 1.34. The molecule has 80 valence electrons. The highest BCUT2D eigenvalue weighted by molar-refractivity contribution is 5.84. The van der Waals surface area contributed by atoms with E-state index >= 15 is 0 Å². The van der Waals surface area contributed by atoms with E-state index in [1.807, 2.05) is 31.2 Å². The second kappa shape index (κ2) is 5.20. The lowest BCUT2D eigenvalue weighted by molar-refractivity contribution is 0.187. The van der Waals surface area contributed by atoms with Crippen LogP contribution < -0.4 is 5.32 Å². The van der Waals surface area contributed by atoms with Crippen molar-refractivity contribution in [1.29, 1.82) is 0 Å². The summed E-state index contributed by atoms with van der Waals surface area (Å²) in [4.78, 5) is 10.9. The van der Waals surface area contributed by atoms with Crippen LogP contribution in [-0.2, 0) is 11.2 Å². The first-order valence-electron chi connectivity index (χ1n) is 4.70. The van der Waals surface area contributed by atoms with Crippen molar-refractivity contribution >= 4 is 11.8 Å². The monoisotopic (exact) mass is 205 g/mol. The number of carbonyl (C=O) groups excluding carboxylic acids is 1. The Hall–Kier alpha value is -1.77. The highest BCUT2D eigenvalue weighted by Crippen LogP contribution is 2.12. The molecule has 0 spiro atoms. The normalized spacial score (nSPS) is 9.47. The minimum Gasteiger partial charge on any atom is -0.453 e. The summed E-state index contributed by atoms with van der Waals surface area (Å²) in [6.45, 7) is 5.83. The van der Waals surface area contributed by atoms with Crippen molar-refractivity contribution in [2.75, 3.05) is 12.4 Å². The molecule has 1 aromatic carbocycles. The highest BCUT2D eigenvalue weighted by Gasteiger charge is 2.00. The fraction of sp³-hybridized carbons (Fsp3) is 0.250. The van der Waals surface area contributed by atoms with E-state index in [1.165, 1.54) is 12.7 Å². The van der Waals surface area contributed by atoms with Gasteiger partial charge in [0.2, 0.25) is 0 Å². The Morgan fingerprint density at radius 1 is 1.40 bits per heavy atom. The average molecular weight is 205 g/mol. The molecule has 3 nitrogen and oxygen atoms in total. The topological polar surface area (TPSA) is 38.3 Å². The minimum absolute atomic E-state index is 0.456. The Morgan fingerprint density at radius 2 is 2.00 bits per heavy atom. The third-order valence-corrected chi connectivity index (χ3v) is 1.89. The maximum Gasteiger partial charge on any atom is 0.411 e. The van der Waals surface area contributed by atoms with Crippen LogP contribution >= 0.6 is 0 Å². The maximum atomic E-state index is 10.9. The largest absolute Gasteiger partial charge is 0.453 e. The van der Waals surface area contributed by atoms with Crippen molar-refractivity contribution in [2.24, 2.45) is 0 Å². The zero-order valence-corrected chi connectivity index (χ0v) is 9.04. The molecule has 0 saturated carbocycles. The lowest BCUT2D eigenvalue weighted by atomic mass is 10.1. The molecule has 0 aliphatic carbocycles. The van der Waals surface area contributed by atoms with Crippen molar-refractivity contribution in [1.82, 2.24) is 0 Å². The number of ether oxygens (including phenoxy) is 1. The molecule has 1 aromatic rings. The maximum absolute atomic E-state index is 10.9. The summed E-state index contributed by atoms with van der Waals surface area (Å²) in [5, 5.41) is 2.59. The Morgan fingerprint density at radius 3 is 2.47 bits per heavy atom. The van der Waals surface area contributed by atoms with Gasteiger partial charge in [-0.15, -0.1) is 0 Å². The van der Waals surface area contributed by atoms with Crippen LogP contribution in [0.5, 0.6) is 0 Å². The summed E-state index contributed by atoms with van der Waals surface area (Å²) < 4.78 is 4.48. The second-order valence-electron chi connectivity index (χ2n) is 3.45. The molecule has 0 aliphatic heterocycles. The van der Waals surface area contributed by atoms with Gasteiger partial charge >= 0.3 is 6.09 Å². The third kappa shape index (κ3) is 3.85. The molecule has 15 heavy (non-hydrogen) atoms. The van der Waals surface area contributed by atoms with E-state index in [9.17, 15) is 4.79 Å². The van der Waals surface area contributed by atoms with Gasteiger partial charge in [-0.05, 0) is 31.0 Å². The molecule has 0 heterocycles. The standard InChI is InChI=1S/C12H15NO2/c1-9(2)8-10-4-6-11(7-5-10)13-12(14)15-3/h4-7H,1,8H2,2-3H3,(H,13,14). The smallest absolute Gasteiger partial charge is 0.411 e. The summed E-state index contributed by atoms with van der Waals surface area (Å²) in [6, 6.07) is 7.60. The van der Waals surface area contributed by atoms with Crippen LogP contribution in [0, 0.1) is 0 Å². The molecule has 1 N–H and O–H groups in total. The molecule has 1 amide bonds. The van der Waals surface area contributed by atoms with Crippen LogP contribution in [0.25, 0.3) is 0 Å². The van der Waals surface area contributed by atoms with E-state index in [-0.39, 0.29) is 0 Å². The number of anilines is 1.